The number of aliphatic hydroxyl groups excluding tert-OH is 1. The maximum absolute atomic E-state index is 10.9. The van der Waals surface area contributed by atoms with E-state index in [-0.39, 0.29) is 12.5 Å². The van der Waals surface area contributed by atoms with Crippen LogP contribution in [0.25, 0.3) is 0 Å². The molecule has 1 aliphatic rings. The van der Waals surface area contributed by atoms with E-state index < -0.39 is 6.10 Å². The first-order valence-electron chi connectivity index (χ1n) is 18.5. The zero-order chi connectivity index (χ0) is 37.2. The molecule has 0 bridgehead atoms. The van der Waals surface area contributed by atoms with Crippen LogP contribution in [-0.2, 0) is 33.0 Å². The van der Waals surface area contributed by atoms with Gasteiger partial charge in [0.05, 0.1) is 12.5 Å². The number of fused-ring (bicyclic) bond motifs is 1. The van der Waals surface area contributed by atoms with Crippen LogP contribution >= 0.6 is 0 Å². The van der Waals surface area contributed by atoms with Gasteiger partial charge in [-0.3, -0.25) is 0 Å². The van der Waals surface area contributed by atoms with Gasteiger partial charge in [0.15, 0.2) is 0 Å². The molecule has 0 aliphatic carbocycles. The van der Waals surface area contributed by atoms with Crippen LogP contribution in [0.15, 0.2) is 176 Å². The molecule has 6 nitrogen and oxygen atoms in total. The molecule has 7 aromatic rings. The van der Waals surface area contributed by atoms with Crippen LogP contribution < -0.4 is 23.7 Å². The van der Waals surface area contributed by atoms with E-state index in [1.54, 1.807) is 0 Å². The van der Waals surface area contributed by atoms with Crippen LogP contribution in [-0.4, -0.2) is 5.11 Å². The van der Waals surface area contributed by atoms with Crippen molar-refractivity contribution < 1.29 is 28.8 Å². The minimum atomic E-state index is -0.431. The summed E-state index contributed by atoms with van der Waals surface area (Å²) in [6.45, 7) is 1.48. The minimum absolute atomic E-state index is 0.189. The summed E-state index contributed by atoms with van der Waals surface area (Å²) >= 11 is 0. The zero-order valence-electron chi connectivity index (χ0n) is 30.4. The van der Waals surface area contributed by atoms with E-state index >= 15 is 0 Å². The number of benzene rings is 7. The lowest BCUT2D eigenvalue weighted by Crippen LogP contribution is -2.13. The Balaban J connectivity index is 1.16. The summed E-state index contributed by atoms with van der Waals surface area (Å²) in [6.07, 6.45) is -0.431. The predicted molar refractivity (Wildman–Crippen MR) is 214 cm³/mol. The minimum Gasteiger partial charge on any atom is -0.489 e. The van der Waals surface area contributed by atoms with Gasteiger partial charge in [-0.25, -0.2) is 0 Å². The summed E-state index contributed by atoms with van der Waals surface area (Å²) in [4.78, 5) is 0. The van der Waals surface area contributed by atoms with E-state index in [1.807, 2.05) is 140 Å². The Morgan fingerprint density at radius 3 is 1.27 bits per heavy atom. The fourth-order valence-electron chi connectivity index (χ4n) is 6.94. The van der Waals surface area contributed by atoms with Crippen molar-refractivity contribution >= 4 is 0 Å². The lowest BCUT2D eigenvalue weighted by molar-refractivity contribution is 0.220. The van der Waals surface area contributed by atoms with Gasteiger partial charge in [0.25, 0.3) is 0 Å². The average Bonchev–Trinajstić information content (AvgIpc) is 3.64. The Labute approximate surface area is 322 Å². The maximum Gasteiger partial charge on any atom is 0.135 e. The second-order valence-corrected chi connectivity index (χ2v) is 13.6. The van der Waals surface area contributed by atoms with Crippen molar-refractivity contribution in [3.8, 4) is 28.7 Å². The number of ether oxygens (including phenoxy) is 5. The molecule has 0 fully saturated rings. The van der Waals surface area contributed by atoms with E-state index in [0.29, 0.717) is 49.4 Å². The summed E-state index contributed by atoms with van der Waals surface area (Å²) in [5.74, 6) is 3.10. The van der Waals surface area contributed by atoms with Gasteiger partial charge in [-0.1, -0.05) is 133 Å². The van der Waals surface area contributed by atoms with Crippen molar-refractivity contribution in [2.45, 2.75) is 45.1 Å². The molecule has 0 saturated heterocycles. The van der Waals surface area contributed by atoms with Gasteiger partial charge in [0.2, 0.25) is 0 Å². The van der Waals surface area contributed by atoms with Crippen LogP contribution in [0, 0.1) is 0 Å². The van der Waals surface area contributed by atoms with Crippen LogP contribution in [0.1, 0.15) is 56.5 Å². The van der Waals surface area contributed by atoms with Crippen molar-refractivity contribution in [2.75, 3.05) is 0 Å². The van der Waals surface area contributed by atoms with Crippen molar-refractivity contribution in [1.82, 2.24) is 0 Å². The highest BCUT2D eigenvalue weighted by atomic mass is 16.5. The molecule has 7 aromatic carbocycles. The molecule has 2 atom stereocenters. The Morgan fingerprint density at radius 2 is 0.836 bits per heavy atom. The third kappa shape index (κ3) is 8.84. The molecule has 1 N–H and O–H groups in total. The lowest BCUT2D eigenvalue weighted by Gasteiger charge is -2.23. The monoisotopic (exact) mass is 726 g/mol. The summed E-state index contributed by atoms with van der Waals surface area (Å²) in [6, 6.07) is 58.3. The number of rotatable bonds is 15. The van der Waals surface area contributed by atoms with Crippen molar-refractivity contribution in [3.63, 3.8) is 0 Å². The molecular weight excluding hydrogens is 685 g/mol. The Morgan fingerprint density at radius 1 is 0.418 bits per heavy atom. The maximum atomic E-state index is 10.9. The average molecular weight is 727 g/mol. The predicted octanol–water partition coefficient (Wildman–Crippen LogP) is 10.8. The van der Waals surface area contributed by atoms with Crippen molar-refractivity contribution in [3.05, 3.63) is 220 Å². The molecule has 6 heteroatoms. The second kappa shape index (κ2) is 17.1. The number of hydrogen-bond donors (Lipinski definition) is 1. The third-order valence-electron chi connectivity index (χ3n) is 9.70. The quantitative estimate of drug-likeness (QED) is 0.113. The molecule has 1 aliphatic heterocycles. The summed E-state index contributed by atoms with van der Waals surface area (Å²) < 4.78 is 32.2. The molecule has 0 amide bonds. The van der Waals surface area contributed by atoms with Crippen LogP contribution in [0.2, 0.25) is 0 Å². The highest BCUT2D eigenvalue weighted by molar-refractivity contribution is 5.58. The number of hydrogen-bond acceptors (Lipinski definition) is 6. The van der Waals surface area contributed by atoms with Crippen LogP contribution in [0.5, 0.6) is 28.7 Å². The van der Waals surface area contributed by atoms with E-state index in [9.17, 15) is 5.11 Å². The fourth-order valence-corrected chi connectivity index (χ4v) is 6.94. The molecule has 0 radical (unpaired) electrons. The first-order valence-corrected chi connectivity index (χ1v) is 18.5. The van der Waals surface area contributed by atoms with Gasteiger partial charge in [-0.15, -0.1) is 0 Å². The third-order valence-corrected chi connectivity index (χ3v) is 9.70. The Hall–Kier alpha value is -6.50. The first-order chi connectivity index (χ1) is 27.2. The van der Waals surface area contributed by atoms with Gasteiger partial charge in [0.1, 0.15) is 61.3 Å². The van der Waals surface area contributed by atoms with E-state index in [2.05, 4.69) is 36.4 Å². The smallest absolute Gasteiger partial charge is 0.135 e. The molecule has 1 heterocycles. The fraction of sp³-hybridized carbons (Fsp3) is 0.143. The van der Waals surface area contributed by atoms with E-state index in [1.165, 1.54) is 0 Å². The highest BCUT2D eigenvalue weighted by Crippen LogP contribution is 2.53. The second-order valence-electron chi connectivity index (χ2n) is 13.6. The molecule has 0 aromatic heterocycles. The Bertz CT molecular complexity index is 2220. The normalized spacial score (nSPS) is 14.4. The largest absolute Gasteiger partial charge is 0.489 e. The lowest BCUT2D eigenvalue weighted by atomic mass is 9.83. The topological polar surface area (TPSA) is 66.4 Å². The van der Waals surface area contributed by atoms with Crippen molar-refractivity contribution in [2.24, 2.45) is 0 Å². The summed E-state index contributed by atoms with van der Waals surface area (Å²) in [7, 11) is 0. The van der Waals surface area contributed by atoms with Gasteiger partial charge in [0, 0.05) is 17.7 Å². The summed E-state index contributed by atoms with van der Waals surface area (Å²) in [5, 5.41) is 10.9. The van der Waals surface area contributed by atoms with Crippen molar-refractivity contribution in [1.29, 1.82) is 0 Å². The zero-order valence-corrected chi connectivity index (χ0v) is 30.4. The molecular formula is C49H42O6. The standard InChI is InChI=1S/C49H42O6/c50-30-41-27-45(54-34-38-19-11-4-12-20-38)29-46-47(41)48(49(55-46)39-21-23-42(24-22-39)51-31-35-13-5-1-6-14-35)40-25-43(52-32-36-15-7-2-8-16-36)28-44(26-40)53-33-37-17-9-3-10-18-37/h1-29,48-50H,30-34H2/t48-,49+/m1/s1. The van der Waals surface area contributed by atoms with Gasteiger partial charge in [-0.2, -0.15) is 0 Å². The van der Waals surface area contributed by atoms with Gasteiger partial charge >= 0.3 is 0 Å². The molecule has 0 spiro atoms. The van der Waals surface area contributed by atoms with Gasteiger partial charge in [-0.05, 0) is 69.3 Å². The van der Waals surface area contributed by atoms with Gasteiger partial charge < -0.3 is 28.8 Å². The Kier molecular flexibility index (Phi) is 11.0. The molecule has 55 heavy (non-hydrogen) atoms. The molecule has 0 unspecified atom stereocenters. The molecule has 8 rings (SSSR count). The molecule has 0 saturated carbocycles. The first kappa shape index (κ1) is 35.5. The number of aliphatic hydroxyl groups is 1. The SMILES string of the molecule is OCc1cc(OCc2ccccc2)cc2c1[C@@H](c1cc(OCc3ccccc3)cc(OCc3ccccc3)c1)[C@H](c1ccc(OCc3ccccc3)cc1)O2. The van der Waals surface area contributed by atoms with E-state index in [4.69, 9.17) is 23.7 Å². The summed E-state index contributed by atoms with van der Waals surface area (Å²) in [5.41, 5.74) is 7.81. The van der Waals surface area contributed by atoms with Crippen LogP contribution in [0.4, 0.5) is 0 Å². The molecule has 274 valence electrons. The van der Waals surface area contributed by atoms with Crippen LogP contribution in [0.3, 0.4) is 0 Å². The van der Waals surface area contributed by atoms with E-state index in [0.717, 1.165) is 50.3 Å². The highest BCUT2D eigenvalue weighted by Gasteiger charge is 2.39.